The quantitative estimate of drug-likeness (QED) is 0.506. The SMILES string of the molecule is Cc1cc(C=CC#N)cc(O)c1O. The zero-order valence-electron chi connectivity index (χ0n) is 7.15. The fourth-order valence-electron chi connectivity index (χ4n) is 1.02. The van der Waals surface area contributed by atoms with Crippen molar-refractivity contribution < 1.29 is 10.2 Å². The van der Waals surface area contributed by atoms with Crippen molar-refractivity contribution in [3.05, 3.63) is 29.3 Å². The summed E-state index contributed by atoms with van der Waals surface area (Å²) in [6, 6.07) is 4.93. The van der Waals surface area contributed by atoms with Crippen molar-refractivity contribution in [2.75, 3.05) is 0 Å². The van der Waals surface area contributed by atoms with Gasteiger partial charge in [-0.1, -0.05) is 0 Å². The fourth-order valence-corrected chi connectivity index (χ4v) is 1.02. The van der Waals surface area contributed by atoms with Gasteiger partial charge < -0.3 is 10.2 Å². The molecule has 0 spiro atoms. The van der Waals surface area contributed by atoms with Crippen LogP contribution < -0.4 is 0 Å². The molecule has 0 heterocycles. The van der Waals surface area contributed by atoms with Crippen LogP contribution in [0.4, 0.5) is 0 Å². The summed E-state index contributed by atoms with van der Waals surface area (Å²) in [6.45, 7) is 1.68. The van der Waals surface area contributed by atoms with Crippen LogP contribution in [0, 0.1) is 18.3 Å². The van der Waals surface area contributed by atoms with Crippen molar-refractivity contribution >= 4 is 6.08 Å². The number of rotatable bonds is 1. The second kappa shape index (κ2) is 3.63. The number of phenolic OH excluding ortho intramolecular Hbond substituents is 2. The van der Waals surface area contributed by atoms with Gasteiger partial charge in [0.1, 0.15) is 0 Å². The molecule has 0 unspecified atom stereocenters. The van der Waals surface area contributed by atoms with E-state index in [-0.39, 0.29) is 11.5 Å². The summed E-state index contributed by atoms with van der Waals surface area (Å²) in [5.41, 5.74) is 1.27. The number of aryl methyl sites for hydroxylation is 1. The Morgan fingerprint density at radius 3 is 2.62 bits per heavy atom. The molecule has 3 heteroatoms. The van der Waals surface area contributed by atoms with E-state index >= 15 is 0 Å². The first-order valence-electron chi connectivity index (χ1n) is 3.74. The van der Waals surface area contributed by atoms with Crippen molar-refractivity contribution in [2.45, 2.75) is 6.92 Å². The molecule has 0 aromatic heterocycles. The lowest BCUT2D eigenvalue weighted by Crippen LogP contribution is -1.79. The van der Waals surface area contributed by atoms with Crippen LogP contribution in [0.3, 0.4) is 0 Å². The molecule has 0 bridgehead atoms. The third-order valence-electron chi connectivity index (χ3n) is 1.65. The van der Waals surface area contributed by atoms with Gasteiger partial charge in [0.05, 0.1) is 6.07 Å². The first-order chi connectivity index (χ1) is 6.15. The van der Waals surface area contributed by atoms with Crippen molar-refractivity contribution in [2.24, 2.45) is 0 Å². The molecule has 1 aromatic carbocycles. The van der Waals surface area contributed by atoms with E-state index in [1.54, 1.807) is 19.1 Å². The zero-order valence-corrected chi connectivity index (χ0v) is 7.15. The van der Waals surface area contributed by atoms with Crippen molar-refractivity contribution in [1.82, 2.24) is 0 Å². The van der Waals surface area contributed by atoms with Gasteiger partial charge in [-0.15, -0.1) is 0 Å². The molecule has 0 fully saturated rings. The number of benzene rings is 1. The van der Waals surface area contributed by atoms with Gasteiger partial charge in [-0.25, -0.2) is 0 Å². The third-order valence-corrected chi connectivity index (χ3v) is 1.65. The van der Waals surface area contributed by atoms with Crippen LogP contribution in [0.1, 0.15) is 11.1 Å². The van der Waals surface area contributed by atoms with Crippen molar-refractivity contribution in [3.8, 4) is 17.6 Å². The van der Waals surface area contributed by atoms with Gasteiger partial charge in [0.25, 0.3) is 0 Å². The van der Waals surface area contributed by atoms with E-state index in [1.807, 2.05) is 6.07 Å². The molecule has 1 rings (SSSR count). The highest BCUT2D eigenvalue weighted by Crippen LogP contribution is 2.29. The van der Waals surface area contributed by atoms with Crippen LogP contribution in [0.2, 0.25) is 0 Å². The smallest absolute Gasteiger partial charge is 0.160 e. The van der Waals surface area contributed by atoms with Crippen LogP contribution in [-0.2, 0) is 0 Å². The molecule has 13 heavy (non-hydrogen) atoms. The van der Waals surface area contributed by atoms with Crippen LogP contribution in [0.25, 0.3) is 6.08 Å². The Balaban J connectivity index is 3.15. The topological polar surface area (TPSA) is 64.2 Å². The number of aromatic hydroxyl groups is 2. The van der Waals surface area contributed by atoms with Gasteiger partial charge >= 0.3 is 0 Å². The van der Waals surface area contributed by atoms with Gasteiger partial charge in [0, 0.05) is 6.08 Å². The predicted octanol–water partition coefficient (Wildman–Crippen LogP) is 1.94. The van der Waals surface area contributed by atoms with E-state index < -0.39 is 0 Å². The number of nitrogens with zero attached hydrogens (tertiary/aromatic N) is 1. The lowest BCUT2D eigenvalue weighted by atomic mass is 10.1. The maximum atomic E-state index is 9.22. The Hall–Kier alpha value is -1.95. The first kappa shape index (κ1) is 9.14. The third kappa shape index (κ3) is 2.00. The Bertz CT molecular complexity index is 365. The van der Waals surface area contributed by atoms with Crippen LogP contribution in [0.5, 0.6) is 11.5 Å². The van der Waals surface area contributed by atoms with E-state index in [4.69, 9.17) is 5.26 Å². The molecule has 0 radical (unpaired) electrons. The molecule has 66 valence electrons. The second-order valence-corrected chi connectivity index (χ2v) is 2.67. The molecule has 3 nitrogen and oxygen atoms in total. The molecular formula is C10H9NO2. The van der Waals surface area contributed by atoms with Crippen LogP contribution >= 0.6 is 0 Å². The summed E-state index contributed by atoms with van der Waals surface area (Å²) in [5, 5.41) is 26.7. The highest BCUT2D eigenvalue weighted by atomic mass is 16.3. The summed E-state index contributed by atoms with van der Waals surface area (Å²) >= 11 is 0. The largest absolute Gasteiger partial charge is 0.504 e. The zero-order chi connectivity index (χ0) is 9.84. The number of allylic oxidation sites excluding steroid dienone is 1. The minimum atomic E-state index is -0.169. The minimum Gasteiger partial charge on any atom is -0.504 e. The van der Waals surface area contributed by atoms with Gasteiger partial charge in [0.2, 0.25) is 0 Å². The number of hydrogen-bond acceptors (Lipinski definition) is 3. The number of phenols is 2. The molecule has 1 aromatic rings. The van der Waals surface area contributed by atoms with Crippen molar-refractivity contribution in [1.29, 1.82) is 5.26 Å². The van der Waals surface area contributed by atoms with E-state index in [9.17, 15) is 10.2 Å². The summed E-state index contributed by atoms with van der Waals surface area (Å²) in [5.74, 6) is -0.285. The molecule has 0 aliphatic carbocycles. The maximum absolute atomic E-state index is 9.22. The molecule has 2 N–H and O–H groups in total. The highest BCUT2D eigenvalue weighted by Gasteiger charge is 2.03. The standard InChI is InChI=1S/C10H9NO2/c1-7-5-8(3-2-4-11)6-9(12)10(7)13/h2-3,5-6,12-13H,1H3. The summed E-state index contributed by atoms with van der Waals surface area (Å²) in [7, 11) is 0. The summed E-state index contributed by atoms with van der Waals surface area (Å²) in [4.78, 5) is 0. The van der Waals surface area contributed by atoms with Crippen LogP contribution in [0.15, 0.2) is 18.2 Å². The average molecular weight is 175 g/mol. The first-order valence-corrected chi connectivity index (χ1v) is 3.74. The normalized spacial score (nSPS) is 10.2. The number of hydrogen-bond donors (Lipinski definition) is 2. The highest BCUT2D eigenvalue weighted by molar-refractivity contribution is 5.59. The van der Waals surface area contributed by atoms with E-state index in [2.05, 4.69) is 0 Å². The molecule has 0 aliphatic heterocycles. The average Bonchev–Trinajstić information content (AvgIpc) is 2.10. The molecule has 0 aliphatic rings. The molecule has 0 atom stereocenters. The van der Waals surface area contributed by atoms with Crippen molar-refractivity contribution in [3.63, 3.8) is 0 Å². The summed E-state index contributed by atoms with van der Waals surface area (Å²) in [6.07, 6.45) is 2.87. The lowest BCUT2D eigenvalue weighted by Gasteiger charge is -2.02. The van der Waals surface area contributed by atoms with Crippen LogP contribution in [-0.4, -0.2) is 10.2 Å². The Morgan fingerprint density at radius 1 is 1.38 bits per heavy atom. The monoisotopic (exact) mass is 175 g/mol. The fraction of sp³-hybridized carbons (Fsp3) is 0.100. The predicted molar refractivity (Wildman–Crippen MR) is 49.2 cm³/mol. The van der Waals surface area contributed by atoms with Gasteiger partial charge in [-0.3, -0.25) is 0 Å². The van der Waals surface area contributed by atoms with Gasteiger partial charge in [-0.2, -0.15) is 5.26 Å². The van der Waals surface area contributed by atoms with E-state index in [0.29, 0.717) is 11.1 Å². The Kier molecular flexibility index (Phi) is 2.56. The van der Waals surface area contributed by atoms with E-state index in [0.717, 1.165) is 0 Å². The number of nitriles is 1. The second-order valence-electron chi connectivity index (χ2n) is 2.67. The Labute approximate surface area is 76.2 Å². The lowest BCUT2D eigenvalue weighted by molar-refractivity contribution is 0.401. The molecule has 0 saturated heterocycles. The van der Waals surface area contributed by atoms with E-state index in [1.165, 1.54) is 12.1 Å². The van der Waals surface area contributed by atoms with Gasteiger partial charge in [-0.05, 0) is 36.3 Å². The minimum absolute atomic E-state index is 0.117. The maximum Gasteiger partial charge on any atom is 0.160 e. The Morgan fingerprint density at radius 2 is 2.08 bits per heavy atom. The summed E-state index contributed by atoms with van der Waals surface area (Å²) < 4.78 is 0. The molecular weight excluding hydrogens is 166 g/mol. The molecule has 0 amide bonds. The van der Waals surface area contributed by atoms with Gasteiger partial charge in [0.15, 0.2) is 11.5 Å². The molecule has 0 saturated carbocycles.